The second-order valence-corrected chi connectivity index (χ2v) is 9.65. The monoisotopic (exact) mass is 408 g/mol. The molecular weight excluding hydrogens is 388 g/mol. The fourth-order valence-corrected chi connectivity index (χ4v) is 3.91. The van der Waals surface area contributed by atoms with E-state index in [9.17, 15) is 13.2 Å². The quantitative estimate of drug-likeness (QED) is 0.734. The zero-order chi connectivity index (χ0) is 19.6. The van der Waals surface area contributed by atoms with Crippen molar-refractivity contribution in [3.63, 3.8) is 0 Å². The molecular formula is C19H21ClN2O4S. The fourth-order valence-electron chi connectivity index (χ4n) is 2.69. The van der Waals surface area contributed by atoms with E-state index in [0.29, 0.717) is 24.0 Å². The fraction of sp³-hybridized carbons (Fsp3) is 0.368. The van der Waals surface area contributed by atoms with Crippen molar-refractivity contribution in [1.29, 1.82) is 0 Å². The zero-order valence-electron chi connectivity index (χ0n) is 15.1. The Labute approximate surface area is 164 Å². The molecule has 0 radical (unpaired) electrons. The van der Waals surface area contributed by atoms with Crippen molar-refractivity contribution in [2.75, 3.05) is 13.1 Å². The third kappa shape index (κ3) is 4.42. The Kier molecular flexibility index (Phi) is 5.72. The van der Waals surface area contributed by atoms with Gasteiger partial charge in [0, 0.05) is 6.20 Å². The summed E-state index contributed by atoms with van der Waals surface area (Å²) in [6.07, 6.45) is 1.70. The number of nitrogens with zero attached hydrogens (tertiary/aromatic N) is 2. The van der Waals surface area contributed by atoms with Crippen LogP contribution < -0.4 is 4.74 Å². The second-order valence-electron chi connectivity index (χ2n) is 6.74. The minimum absolute atomic E-state index is 0.0264. The van der Waals surface area contributed by atoms with Crippen molar-refractivity contribution in [2.24, 2.45) is 0 Å². The van der Waals surface area contributed by atoms with E-state index in [1.165, 1.54) is 0 Å². The Balaban J connectivity index is 1.53. The first-order valence-corrected chi connectivity index (χ1v) is 10.6. The lowest BCUT2D eigenvalue weighted by atomic mass is 10.1. The van der Waals surface area contributed by atoms with Crippen LogP contribution in [0.1, 0.15) is 19.4 Å². The van der Waals surface area contributed by atoms with Gasteiger partial charge in [0.05, 0.1) is 29.7 Å². The van der Waals surface area contributed by atoms with Crippen LogP contribution in [0.15, 0.2) is 47.5 Å². The van der Waals surface area contributed by atoms with E-state index < -0.39 is 15.1 Å². The molecule has 1 aliphatic heterocycles. The Morgan fingerprint density at radius 1 is 1.26 bits per heavy atom. The molecule has 6 nitrogen and oxygen atoms in total. The molecule has 0 atom stereocenters. The van der Waals surface area contributed by atoms with Crippen LogP contribution in [0.4, 0.5) is 0 Å². The third-order valence-corrected chi connectivity index (χ3v) is 6.89. The van der Waals surface area contributed by atoms with Crippen molar-refractivity contribution in [3.8, 4) is 5.88 Å². The number of likely N-dealkylation sites (tertiary alicyclic amines) is 1. The Morgan fingerprint density at radius 3 is 2.52 bits per heavy atom. The van der Waals surface area contributed by atoms with E-state index in [0.717, 1.165) is 5.56 Å². The van der Waals surface area contributed by atoms with Crippen LogP contribution in [0.25, 0.3) is 0 Å². The van der Waals surface area contributed by atoms with Crippen molar-refractivity contribution < 1.29 is 17.9 Å². The highest BCUT2D eigenvalue weighted by molar-refractivity contribution is 7.92. The molecule has 1 amide bonds. The average Bonchev–Trinajstić information content (AvgIpc) is 2.59. The van der Waals surface area contributed by atoms with E-state index in [1.807, 2.05) is 0 Å². The molecule has 1 aliphatic rings. The van der Waals surface area contributed by atoms with Gasteiger partial charge in [0.15, 0.2) is 9.84 Å². The lowest BCUT2D eigenvalue weighted by Gasteiger charge is -2.38. The number of pyridine rings is 1. The standard InChI is InChI=1S/C19H21ClN2O4S/c1-13(2)27(24,25)16-7-5-14(6-8-16)10-18(23)22-11-15(12-22)26-19-17(20)4-3-9-21-19/h3-9,13,15H,10-12H2,1-2H3. The number of sulfone groups is 1. The summed E-state index contributed by atoms with van der Waals surface area (Å²) in [6, 6.07) is 9.92. The first-order valence-electron chi connectivity index (χ1n) is 8.65. The van der Waals surface area contributed by atoms with Gasteiger partial charge in [0.1, 0.15) is 11.1 Å². The molecule has 0 aliphatic carbocycles. The second kappa shape index (κ2) is 7.86. The Morgan fingerprint density at radius 2 is 1.93 bits per heavy atom. The first kappa shape index (κ1) is 19.6. The van der Waals surface area contributed by atoms with Gasteiger partial charge >= 0.3 is 0 Å². The molecule has 0 saturated carbocycles. The summed E-state index contributed by atoms with van der Waals surface area (Å²) in [5.41, 5.74) is 0.778. The Bertz CT molecular complexity index is 923. The molecule has 8 heteroatoms. The van der Waals surface area contributed by atoms with Gasteiger partial charge in [0.2, 0.25) is 11.8 Å². The highest BCUT2D eigenvalue weighted by Crippen LogP contribution is 2.24. The first-order chi connectivity index (χ1) is 12.8. The lowest BCUT2D eigenvalue weighted by molar-refractivity contribution is -0.139. The molecule has 3 rings (SSSR count). The molecule has 1 saturated heterocycles. The van der Waals surface area contributed by atoms with E-state index in [1.54, 1.807) is 61.3 Å². The molecule has 144 valence electrons. The molecule has 2 aromatic rings. The van der Waals surface area contributed by atoms with Crippen molar-refractivity contribution >= 4 is 27.3 Å². The smallest absolute Gasteiger partial charge is 0.232 e. The summed E-state index contributed by atoms with van der Waals surface area (Å²) in [4.78, 5) is 18.4. The van der Waals surface area contributed by atoms with Gasteiger partial charge in [0.25, 0.3) is 0 Å². The van der Waals surface area contributed by atoms with Gasteiger partial charge in [-0.05, 0) is 43.7 Å². The van der Waals surface area contributed by atoms with Gasteiger partial charge in [-0.25, -0.2) is 13.4 Å². The van der Waals surface area contributed by atoms with Crippen LogP contribution in [0.2, 0.25) is 5.02 Å². The normalized spacial score (nSPS) is 14.9. The summed E-state index contributed by atoms with van der Waals surface area (Å²) >= 11 is 6.01. The van der Waals surface area contributed by atoms with Crippen molar-refractivity contribution in [2.45, 2.75) is 36.5 Å². The number of carbonyl (C=O) groups excluding carboxylic acids is 1. The van der Waals surface area contributed by atoms with Crippen LogP contribution >= 0.6 is 11.6 Å². The van der Waals surface area contributed by atoms with E-state index in [-0.39, 0.29) is 23.3 Å². The molecule has 1 aromatic carbocycles. The highest BCUT2D eigenvalue weighted by atomic mass is 35.5. The summed E-state index contributed by atoms with van der Waals surface area (Å²) in [7, 11) is -3.30. The molecule has 0 spiro atoms. The minimum atomic E-state index is -3.30. The number of halogens is 1. The summed E-state index contributed by atoms with van der Waals surface area (Å²) in [5.74, 6) is 0.347. The number of ether oxygens (including phenoxy) is 1. The zero-order valence-corrected chi connectivity index (χ0v) is 16.7. The highest BCUT2D eigenvalue weighted by Gasteiger charge is 2.32. The predicted molar refractivity (Wildman–Crippen MR) is 103 cm³/mol. The van der Waals surface area contributed by atoms with Gasteiger partial charge in [-0.3, -0.25) is 4.79 Å². The lowest BCUT2D eigenvalue weighted by Crippen LogP contribution is -2.56. The third-order valence-electron chi connectivity index (χ3n) is 4.43. The van der Waals surface area contributed by atoms with Crippen LogP contribution in [0, 0.1) is 0 Å². The summed E-state index contributed by atoms with van der Waals surface area (Å²) in [5, 5.41) is -0.0330. The summed E-state index contributed by atoms with van der Waals surface area (Å²) in [6.45, 7) is 4.25. The summed E-state index contributed by atoms with van der Waals surface area (Å²) < 4.78 is 30.0. The number of amides is 1. The van der Waals surface area contributed by atoms with Gasteiger partial charge in [-0.1, -0.05) is 23.7 Å². The maximum Gasteiger partial charge on any atom is 0.232 e. The van der Waals surface area contributed by atoms with Crippen molar-refractivity contribution in [1.82, 2.24) is 9.88 Å². The number of aromatic nitrogens is 1. The number of hydrogen-bond donors (Lipinski definition) is 0. The molecule has 1 aromatic heterocycles. The SMILES string of the molecule is CC(C)S(=O)(=O)c1ccc(CC(=O)N2CC(Oc3ncccc3Cl)C2)cc1. The minimum Gasteiger partial charge on any atom is -0.470 e. The van der Waals surface area contributed by atoms with E-state index in [2.05, 4.69) is 4.98 Å². The number of benzene rings is 1. The van der Waals surface area contributed by atoms with Crippen molar-refractivity contribution in [3.05, 3.63) is 53.2 Å². The Hall–Kier alpha value is -2.12. The van der Waals surface area contributed by atoms with Crippen LogP contribution in [0.5, 0.6) is 5.88 Å². The largest absolute Gasteiger partial charge is 0.470 e. The van der Waals surface area contributed by atoms with E-state index in [4.69, 9.17) is 16.3 Å². The molecule has 1 fully saturated rings. The van der Waals surface area contributed by atoms with Gasteiger partial charge in [-0.15, -0.1) is 0 Å². The maximum absolute atomic E-state index is 12.4. The van der Waals surface area contributed by atoms with Crippen LogP contribution in [0.3, 0.4) is 0 Å². The maximum atomic E-state index is 12.4. The van der Waals surface area contributed by atoms with Crippen LogP contribution in [-0.4, -0.2) is 48.7 Å². The van der Waals surface area contributed by atoms with Gasteiger partial charge in [-0.2, -0.15) is 0 Å². The van der Waals surface area contributed by atoms with E-state index >= 15 is 0 Å². The molecule has 0 unspecified atom stereocenters. The van der Waals surface area contributed by atoms with Crippen LogP contribution in [-0.2, 0) is 21.1 Å². The molecule has 27 heavy (non-hydrogen) atoms. The molecule has 2 heterocycles. The number of hydrogen-bond acceptors (Lipinski definition) is 5. The number of rotatable bonds is 6. The molecule has 0 bridgehead atoms. The van der Waals surface area contributed by atoms with Gasteiger partial charge < -0.3 is 9.64 Å². The molecule has 0 N–H and O–H groups in total. The average molecular weight is 409 g/mol. The topological polar surface area (TPSA) is 76.6 Å². The predicted octanol–water partition coefficient (Wildman–Crippen LogP) is 2.75. The number of carbonyl (C=O) groups is 1.